The summed E-state index contributed by atoms with van der Waals surface area (Å²) in [5.74, 6) is 0.915. The summed E-state index contributed by atoms with van der Waals surface area (Å²) in [6.07, 6.45) is 2.36. The van der Waals surface area contributed by atoms with Crippen LogP contribution in [-0.2, 0) is 4.74 Å². The maximum atomic E-state index is 11.2. The van der Waals surface area contributed by atoms with E-state index in [1.165, 1.54) is 5.69 Å². The number of anilines is 1. The lowest BCUT2D eigenvalue weighted by Gasteiger charge is -2.40. The lowest BCUT2D eigenvalue weighted by molar-refractivity contribution is 0.0322. The minimum Gasteiger partial charge on any atom is -0.492 e. The standard InChI is InChI=1S/C21H31N3O4/c25-20(26)24-10-7-21(17-24)5-8-23(9-6-21)18-1-3-19(4-2-18)28-16-13-22-11-14-27-15-12-22/h1-4H,5-17H2,(H,25,26). The van der Waals surface area contributed by atoms with Crippen molar-refractivity contribution >= 4 is 11.8 Å². The number of piperidine rings is 1. The monoisotopic (exact) mass is 389 g/mol. The third kappa shape index (κ3) is 4.52. The quantitative estimate of drug-likeness (QED) is 0.834. The Labute approximate surface area is 166 Å². The highest BCUT2D eigenvalue weighted by Crippen LogP contribution is 2.41. The summed E-state index contributed by atoms with van der Waals surface area (Å²) < 4.78 is 11.3. The van der Waals surface area contributed by atoms with Gasteiger partial charge in [0.05, 0.1) is 13.2 Å². The Morgan fingerprint density at radius 1 is 1.04 bits per heavy atom. The zero-order chi connectivity index (χ0) is 19.4. The molecule has 3 heterocycles. The van der Waals surface area contributed by atoms with Gasteiger partial charge in [-0.15, -0.1) is 0 Å². The highest BCUT2D eigenvalue weighted by atomic mass is 16.5. The maximum absolute atomic E-state index is 11.2. The highest BCUT2D eigenvalue weighted by molar-refractivity contribution is 5.65. The summed E-state index contributed by atoms with van der Waals surface area (Å²) in [6.45, 7) is 8.62. The molecule has 154 valence electrons. The number of carboxylic acid groups (broad SMARTS) is 1. The van der Waals surface area contributed by atoms with Gasteiger partial charge in [-0.05, 0) is 48.9 Å². The number of hydrogen-bond acceptors (Lipinski definition) is 5. The van der Waals surface area contributed by atoms with Crippen molar-refractivity contribution < 1.29 is 19.4 Å². The van der Waals surface area contributed by atoms with Gasteiger partial charge in [0.2, 0.25) is 0 Å². The molecule has 3 aliphatic rings. The Bertz CT molecular complexity index is 652. The van der Waals surface area contributed by atoms with E-state index in [0.29, 0.717) is 19.7 Å². The van der Waals surface area contributed by atoms with Crippen molar-refractivity contribution in [3.63, 3.8) is 0 Å². The van der Waals surface area contributed by atoms with Crippen molar-refractivity contribution in [1.82, 2.24) is 9.80 Å². The van der Waals surface area contributed by atoms with Crippen molar-refractivity contribution in [1.29, 1.82) is 0 Å². The molecule has 28 heavy (non-hydrogen) atoms. The van der Waals surface area contributed by atoms with E-state index < -0.39 is 6.09 Å². The van der Waals surface area contributed by atoms with Crippen LogP contribution in [0, 0.1) is 5.41 Å². The van der Waals surface area contributed by atoms with Crippen LogP contribution >= 0.6 is 0 Å². The number of nitrogens with zero attached hydrogens (tertiary/aromatic N) is 3. The third-order valence-corrected chi connectivity index (χ3v) is 6.51. The van der Waals surface area contributed by atoms with Gasteiger partial charge < -0.3 is 24.4 Å². The Balaban J connectivity index is 1.23. The molecule has 1 aromatic rings. The van der Waals surface area contributed by atoms with Crippen molar-refractivity contribution in [2.45, 2.75) is 19.3 Å². The normalized spacial score (nSPS) is 22.6. The molecule has 1 N–H and O–H groups in total. The Morgan fingerprint density at radius 3 is 2.36 bits per heavy atom. The molecule has 1 aromatic carbocycles. The van der Waals surface area contributed by atoms with E-state index in [9.17, 15) is 9.90 Å². The first-order chi connectivity index (χ1) is 13.6. The van der Waals surface area contributed by atoms with Gasteiger partial charge in [-0.2, -0.15) is 0 Å². The zero-order valence-corrected chi connectivity index (χ0v) is 16.5. The van der Waals surface area contributed by atoms with E-state index in [2.05, 4.69) is 34.1 Å². The molecule has 7 nitrogen and oxygen atoms in total. The van der Waals surface area contributed by atoms with Gasteiger partial charge in [0.15, 0.2) is 0 Å². The van der Waals surface area contributed by atoms with Crippen LogP contribution in [0.25, 0.3) is 0 Å². The second-order valence-corrected chi connectivity index (χ2v) is 8.24. The fourth-order valence-electron chi connectivity index (χ4n) is 4.62. The maximum Gasteiger partial charge on any atom is 0.407 e. The van der Waals surface area contributed by atoms with Gasteiger partial charge in [-0.25, -0.2) is 4.79 Å². The summed E-state index contributed by atoms with van der Waals surface area (Å²) in [5, 5.41) is 9.21. The summed E-state index contributed by atoms with van der Waals surface area (Å²) in [4.78, 5) is 17.6. The molecule has 3 aliphatic heterocycles. The highest BCUT2D eigenvalue weighted by Gasteiger charge is 2.42. The lowest BCUT2D eigenvalue weighted by atomic mass is 9.77. The Hall–Kier alpha value is -1.99. The molecule has 0 aromatic heterocycles. The Morgan fingerprint density at radius 2 is 1.71 bits per heavy atom. The van der Waals surface area contributed by atoms with Crippen molar-refractivity contribution in [2.24, 2.45) is 5.41 Å². The average molecular weight is 389 g/mol. The molecule has 7 heteroatoms. The average Bonchev–Trinajstić information content (AvgIpc) is 3.14. The van der Waals surface area contributed by atoms with E-state index in [1.807, 2.05) is 0 Å². The van der Waals surface area contributed by atoms with Gasteiger partial charge in [0.25, 0.3) is 0 Å². The van der Waals surface area contributed by atoms with Gasteiger partial charge in [-0.1, -0.05) is 0 Å². The summed E-state index contributed by atoms with van der Waals surface area (Å²) in [6, 6.07) is 8.39. The second kappa shape index (κ2) is 8.57. The molecule has 0 saturated carbocycles. The van der Waals surface area contributed by atoms with Crippen LogP contribution in [-0.4, -0.2) is 86.6 Å². The lowest BCUT2D eigenvalue weighted by Crippen LogP contribution is -2.42. The third-order valence-electron chi connectivity index (χ3n) is 6.51. The summed E-state index contributed by atoms with van der Waals surface area (Å²) >= 11 is 0. The van der Waals surface area contributed by atoms with Crippen molar-refractivity contribution in [2.75, 3.05) is 70.5 Å². The van der Waals surface area contributed by atoms with Crippen molar-refractivity contribution in [3.8, 4) is 5.75 Å². The molecule has 0 radical (unpaired) electrons. The number of benzene rings is 1. The van der Waals surface area contributed by atoms with Gasteiger partial charge in [0, 0.05) is 51.5 Å². The molecule has 0 atom stereocenters. The first kappa shape index (κ1) is 19.3. The molecule has 1 amide bonds. The predicted molar refractivity (Wildman–Crippen MR) is 107 cm³/mol. The van der Waals surface area contributed by atoms with E-state index in [4.69, 9.17) is 9.47 Å². The smallest absolute Gasteiger partial charge is 0.407 e. The Kier molecular flexibility index (Phi) is 5.92. The van der Waals surface area contributed by atoms with Crippen LogP contribution in [0.15, 0.2) is 24.3 Å². The first-order valence-corrected chi connectivity index (χ1v) is 10.4. The van der Waals surface area contributed by atoms with E-state index in [-0.39, 0.29) is 5.41 Å². The predicted octanol–water partition coefficient (Wildman–Crippen LogP) is 2.37. The van der Waals surface area contributed by atoms with Gasteiger partial charge >= 0.3 is 6.09 Å². The molecule has 4 rings (SSSR count). The molecule has 3 fully saturated rings. The van der Waals surface area contributed by atoms with Crippen LogP contribution in [0.4, 0.5) is 10.5 Å². The first-order valence-electron chi connectivity index (χ1n) is 10.4. The molecular formula is C21H31N3O4. The van der Waals surface area contributed by atoms with Crippen LogP contribution in [0.1, 0.15) is 19.3 Å². The van der Waals surface area contributed by atoms with E-state index >= 15 is 0 Å². The summed E-state index contributed by atoms with van der Waals surface area (Å²) in [7, 11) is 0. The minimum absolute atomic E-state index is 0.192. The number of rotatable bonds is 5. The molecular weight excluding hydrogens is 358 g/mol. The van der Waals surface area contributed by atoms with Crippen LogP contribution in [0.2, 0.25) is 0 Å². The van der Waals surface area contributed by atoms with Crippen LogP contribution < -0.4 is 9.64 Å². The van der Waals surface area contributed by atoms with E-state index in [0.717, 1.165) is 70.9 Å². The largest absolute Gasteiger partial charge is 0.492 e. The molecule has 1 spiro atoms. The van der Waals surface area contributed by atoms with Gasteiger partial charge in [-0.3, -0.25) is 4.90 Å². The second-order valence-electron chi connectivity index (χ2n) is 8.24. The molecule has 0 unspecified atom stereocenters. The number of amides is 1. The fraction of sp³-hybridized carbons (Fsp3) is 0.667. The topological polar surface area (TPSA) is 65.5 Å². The summed E-state index contributed by atoms with van der Waals surface area (Å²) in [5.41, 5.74) is 1.42. The SMILES string of the molecule is O=C(O)N1CCC2(CCN(c3ccc(OCCN4CCOCC4)cc3)CC2)C1. The van der Waals surface area contributed by atoms with E-state index in [1.54, 1.807) is 4.90 Å². The fourth-order valence-corrected chi connectivity index (χ4v) is 4.62. The van der Waals surface area contributed by atoms with Gasteiger partial charge in [0.1, 0.15) is 12.4 Å². The number of carbonyl (C=O) groups is 1. The number of likely N-dealkylation sites (tertiary alicyclic amines) is 1. The van der Waals surface area contributed by atoms with Crippen LogP contribution in [0.5, 0.6) is 5.75 Å². The van der Waals surface area contributed by atoms with Crippen LogP contribution in [0.3, 0.4) is 0 Å². The number of hydrogen-bond donors (Lipinski definition) is 1. The number of morpholine rings is 1. The molecule has 3 saturated heterocycles. The van der Waals surface area contributed by atoms with Crippen molar-refractivity contribution in [3.05, 3.63) is 24.3 Å². The zero-order valence-electron chi connectivity index (χ0n) is 16.5. The number of ether oxygens (including phenoxy) is 2. The molecule has 0 bridgehead atoms. The minimum atomic E-state index is -0.775. The molecule has 0 aliphatic carbocycles.